The topological polar surface area (TPSA) is 123 Å². The summed E-state index contributed by atoms with van der Waals surface area (Å²) in [6.07, 6.45) is 4.80. The van der Waals surface area contributed by atoms with E-state index in [9.17, 15) is 24.9 Å². The highest BCUT2D eigenvalue weighted by Crippen LogP contribution is 2.74. The molecule has 0 bridgehead atoms. The van der Waals surface area contributed by atoms with Gasteiger partial charge < -0.3 is 29.5 Å². The van der Waals surface area contributed by atoms with E-state index in [-0.39, 0.29) is 69.5 Å². The number of rotatable bonds is 5. The zero-order valence-electron chi connectivity index (χ0n) is 27.1. The monoisotopic (exact) mass is 590 g/mol. The molecule has 1 aliphatic heterocycles. The van der Waals surface area contributed by atoms with E-state index in [1.54, 1.807) is 13.8 Å². The van der Waals surface area contributed by atoms with Gasteiger partial charge in [-0.15, -0.1) is 0 Å². The number of esters is 2. The molecule has 4 aliphatic carbocycles. The van der Waals surface area contributed by atoms with E-state index in [1.165, 1.54) is 19.4 Å². The lowest BCUT2D eigenvalue weighted by molar-refractivity contribution is -0.227. The average Bonchev–Trinajstić information content (AvgIpc) is 3.40. The third kappa shape index (κ3) is 4.69. The van der Waals surface area contributed by atoms with Crippen LogP contribution in [0.4, 0.5) is 0 Å². The fourth-order valence-electron chi connectivity index (χ4n) is 11.1. The lowest BCUT2D eigenvalue weighted by Gasteiger charge is -2.69. The summed E-state index contributed by atoms with van der Waals surface area (Å²) < 4.78 is 18.0. The maximum Gasteiger partial charge on any atom is 0.302 e. The molecule has 3 N–H and O–H groups in total. The number of hydrogen-bond donors (Lipinski definition) is 3. The minimum atomic E-state index is -1.33. The number of carbonyl (C=O) groups excluding carboxylic acids is 2. The SMILES string of the molecule is CC(=O)O[C@@H]1CC[C@]2(C)[C@H]3CC[C@]4(C)C(=CC[C@H]4[C@@H]4C[C@H]([C@H](O)C(C)(C)O)O[C@@H]4O)[C@]3(C)[C@H](OC(C)=O)C[C@H]2C1(C)C. The van der Waals surface area contributed by atoms with Crippen LogP contribution in [0.2, 0.25) is 0 Å². The molecule has 3 saturated carbocycles. The fourth-order valence-corrected chi connectivity index (χ4v) is 11.1. The maximum absolute atomic E-state index is 12.6. The molecule has 1 heterocycles. The molecule has 0 spiro atoms. The van der Waals surface area contributed by atoms with Gasteiger partial charge in [0, 0.05) is 30.6 Å². The van der Waals surface area contributed by atoms with Crippen molar-refractivity contribution in [1.29, 1.82) is 0 Å². The third-order valence-corrected chi connectivity index (χ3v) is 13.0. The predicted octanol–water partition coefficient (Wildman–Crippen LogP) is 4.92. The molecule has 8 heteroatoms. The van der Waals surface area contributed by atoms with Crippen molar-refractivity contribution in [1.82, 2.24) is 0 Å². The molecule has 0 amide bonds. The van der Waals surface area contributed by atoms with E-state index in [4.69, 9.17) is 14.2 Å². The van der Waals surface area contributed by atoms with Gasteiger partial charge in [-0.2, -0.15) is 0 Å². The molecule has 1 saturated heterocycles. The molecule has 0 radical (unpaired) electrons. The van der Waals surface area contributed by atoms with Crippen molar-refractivity contribution in [2.45, 2.75) is 144 Å². The van der Waals surface area contributed by atoms with Crippen LogP contribution >= 0.6 is 0 Å². The van der Waals surface area contributed by atoms with E-state index in [0.717, 1.165) is 32.1 Å². The lowest BCUT2D eigenvalue weighted by atomic mass is 9.37. The number of fused-ring (bicyclic) bond motifs is 5. The number of ether oxygens (including phenoxy) is 3. The van der Waals surface area contributed by atoms with Crippen molar-refractivity contribution in [2.75, 3.05) is 0 Å². The molecule has 0 aromatic carbocycles. The Hall–Kier alpha value is -1.48. The number of aliphatic hydroxyl groups excluding tert-OH is 2. The van der Waals surface area contributed by atoms with Gasteiger partial charge in [0.25, 0.3) is 0 Å². The largest absolute Gasteiger partial charge is 0.462 e. The van der Waals surface area contributed by atoms with Crippen molar-refractivity contribution < 1.29 is 39.1 Å². The summed E-state index contributed by atoms with van der Waals surface area (Å²) in [5.41, 5.74) is -0.889. The fraction of sp³-hybridized carbons (Fsp3) is 0.882. The Morgan fingerprint density at radius 2 is 1.60 bits per heavy atom. The summed E-state index contributed by atoms with van der Waals surface area (Å²) in [6.45, 7) is 17.6. The molecule has 238 valence electrons. The van der Waals surface area contributed by atoms with Crippen molar-refractivity contribution in [2.24, 2.45) is 45.3 Å². The maximum atomic E-state index is 12.6. The summed E-state index contributed by atoms with van der Waals surface area (Å²) in [5, 5.41) is 32.3. The van der Waals surface area contributed by atoms with Crippen LogP contribution in [-0.2, 0) is 23.8 Å². The summed E-state index contributed by atoms with van der Waals surface area (Å²) in [4.78, 5) is 24.6. The van der Waals surface area contributed by atoms with Gasteiger partial charge in [0.2, 0.25) is 0 Å². The van der Waals surface area contributed by atoms with Gasteiger partial charge in [-0.05, 0) is 87.4 Å². The molecule has 5 aliphatic rings. The zero-order valence-corrected chi connectivity index (χ0v) is 27.1. The van der Waals surface area contributed by atoms with Gasteiger partial charge in [0.05, 0.1) is 11.7 Å². The molecule has 5 rings (SSSR count). The Morgan fingerprint density at radius 3 is 2.19 bits per heavy atom. The minimum absolute atomic E-state index is 0.0241. The normalized spacial score (nSPS) is 47.0. The first-order valence-corrected chi connectivity index (χ1v) is 16.1. The summed E-state index contributed by atoms with van der Waals surface area (Å²) >= 11 is 0. The van der Waals surface area contributed by atoms with Crippen molar-refractivity contribution in [3.63, 3.8) is 0 Å². The van der Waals surface area contributed by atoms with E-state index >= 15 is 0 Å². The molecule has 0 aromatic rings. The quantitative estimate of drug-likeness (QED) is 0.305. The first kappa shape index (κ1) is 31.9. The predicted molar refractivity (Wildman–Crippen MR) is 157 cm³/mol. The molecule has 0 unspecified atom stereocenters. The first-order valence-electron chi connectivity index (χ1n) is 16.1. The molecule has 42 heavy (non-hydrogen) atoms. The minimum Gasteiger partial charge on any atom is -0.462 e. The molecule has 0 aromatic heterocycles. The van der Waals surface area contributed by atoms with Gasteiger partial charge >= 0.3 is 11.9 Å². The Bertz CT molecular complexity index is 1120. The number of aliphatic hydroxyl groups is 3. The lowest BCUT2D eigenvalue weighted by Crippen LogP contribution is -2.66. The van der Waals surface area contributed by atoms with Crippen molar-refractivity contribution in [3.8, 4) is 0 Å². The van der Waals surface area contributed by atoms with Gasteiger partial charge in [0.15, 0.2) is 6.29 Å². The van der Waals surface area contributed by atoms with Crippen LogP contribution < -0.4 is 0 Å². The summed E-state index contributed by atoms with van der Waals surface area (Å²) in [6, 6.07) is 0. The molecule has 4 fully saturated rings. The van der Waals surface area contributed by atoms with Crippen LogP contribution in [0, 0.1) is 45.3 Å². The third-order valence-electron chi connectivity index (χ3n) is 13.0. The van der Waals surface area contributed by atoms with Crippen molar-refractivity contribution in [3.05, 3.63) is 11.6 Å². The van der Waals surface area contributed by atoms with Crippen LogP contribution in [0.15, 0.2) is 11.6 Å². The second-order valence-electron chi connectivity index (χ2n) is 16.2. The van der Waals surface area contributed by atoms with E-state index in [2.05, 4.69) is 40.7 Å². The van der Waals surface area contributed by atoms with E-state index < -0.39 is 24.1 Å². The summed E-state index contributed by atoms with van der Waals surface area (Å²) in [7, 11) is 0. The zero-order chi connectivity index (χ0) is 31.2. The molecule has 8 nitrogen and oxygen atoms in total. The standard InChI is InChI=1S/C34H54O8/c1-18(35)40-26-13-15-33(8)24-12-14-32(7)21(20-16-22(42-29(20)38)28(37)31(5,6)39)10-11-23(32)34(24,9)27(41-19(2)36)17-25(33)30(26,3)4/h11,20-22,24-29,37-39H,10,12-17H2,1-9H3/t20-,21-,22+,24+,25-,26+,27+,28-,29-,32-,33+,34-/m0/s1. The smallest absolute Gasteiger partial charge is 0.302 e. The van der Waals surface area contributed by atoms with Crippen LogP contribution in [0.25, 0.3) is 0 Å². The highest BCUT2D eigenvalue weighted by molar-refractivity contribution is 5.67. The molecular formula is C34H54O8. The van der Waals surface area contributed by atoms with Gasteiger partial charge in [-0.25, -0.2) is 0 Å². The Labute approximate surface area is 251 Å². The first-order chi connectivity index (χ1) is 19.3. The van der Waals surface area contributed by atoms with Gasteiger partial charge in [-0.1, -0.05) is 46.3 Å². The van der Waals surface area contributed by atoms with Gasteiger partial charge in [-0.3, -0.25) is 9.59 Å². The molecule has 12 atom stereocenters. The highest BCUT2D eigenvalue weighted by Gasteiger charge is 2.70. The van der Waals surface area contributed by atoms with E-state index in [1.807, 2.05) is 0 Å². The van der Waals surface area contributed by atoms with Crippen LogP contribution in [0.1, 0.15) is 107 Å². The summed E-state index contributed by atoms with van der Waals surface area (Å²) in [5.74, 6) is -0.110. The number of allylic oxidation sites excluding steroid dienone is 1. The second-order valence-corrected chi connectivity index (χ2v) is 16.2. The Kier molecular flexibility index (Phi) is 7.82. The van der Waals surface area contributed by atoms with Crippen LogP contribution in [0.3, 0.4) is 0 Å². The van der Waals surface area contributed by atoms with Gasteiger partial charge in [0.1, 0.15) is 18.3 Å². The highest BCUT2D eigenvalue weighted by atomic mass is 16.6. The molecular weight excluding hydrogens is 536 g/mol. The average molecular weight is 591 g/mol. The number of hydrogen-bond acceptors (Lipinski definition) is 8. The Balaban J connectivity index is 1.49. The number of carbonyl (C=O) groups is 2. The van der Waals surface area contributed by atoms with Crippen LogP contribution in [0.5, 0.6) is 0 Å². The van der Waals surface area contributed by atoms with E-state index in [0.29, 0.717) is 12.8 Å². The van der Waals surface area contributed by atoms with Crippen molar-refractivity contribution >= 4 is 11.9 Å². The second kappa shape index (κ2) is 10.3. The van der Waals surface area contributed by atoms with Crippen LogP contribution in [-0.4, -0.2) is 63.6 Å². The Morgan fingerprint density at radius 1 is 0.976 bits per heavy atom.